The van der Waals surface area contributed by atoms with Gasteiger partial charge in [-0.05, 0) is 50.1 Å². The molecule has 0 aromatic heterocycles. The summed E-state index contributed by atoms with van der Waals surface area (Å²) in [5.74, 6) is -0.167. The van der Waals surface area contributed by atoms with Crippen LogP contribution in [-0.4, -0.2) is 32.3 Å². The molecular weight excluding hydrogens is 255 g/mol. The molecule has 1 aliphatic heterocycles. The van der Waals surface area contributed by atoms with Gasteiger partial charge in [-0.1, -0.05) is 6.92 Å². The minimum atomic E-state index is -0.167. The van der Waals surface area contributed by atoms with Gasteiger partial charge in [0.1, 0.15) is 5.82 Å². The maximum atomic E-state index is 13.5. The molecule has 4 heteroatoms. The first-order valence-electron chi connectivity index (χ1n) is 7.60. The summed E-state index contributed by atoms with van der Waals surface area (Å²) in [6.45, 7) is 8.37. The standard InChI is InChI=1S/C16H25FN2O/c1-3-18-11-13-10-14(17)7-8-16(13)19-9-5-6-15(12-19)20-4-2/h7-8,10,15,18H,3-6,9,11-12H2,1-2H3. The van der Waals surface area contributed by atoms with Crippen LogP contribution in [0.4, 0.5) is 10.1 Å². The number of nitrogens with one attached hydrogen (secondary N) is 1. The first-order chi connectivity index (χ1) is 9.74. The van der Waals surface area contributed by atoms with E-state index in [9.17, 15) is 4.39 Å². The van der Waals surface area contributed by atoms with E-state index in [-0.39, 0.29) is 5.82 Å². The molecule has 0 amide bonds. The van der Waals surface area contributed by atoms with E-state index in [2.05, 4.69) is 17.1 Å². The van der Waals surface area contributed by atoms with E-state index in [1.807, 2.05) is 13.0 Å². The molecule has 1 aliphatic rings. The Hall–Kier alpha value is -1.13. The van der Waals surface area contributed by atoms with Crippen molar-refractivity contribution in [1.29, 1.82) is 0 Å². The van der Waals surface area contributed by atoms with Crippen LogP contribution in [0.1, 0.15) is 32.3 Å². The van der Waals surface area contributed by atoms with Crippen molar-refractivity contribution >= 4 is 5.69 Å². The number of halogens is 1. The largest absolute Gasteiger partial charge is 0.377 e. The van der Waals surface area contributed by atoms with Gasteiger partial charge >= 0.3 is 0 Å². The van der Waals surface area contributed by atoms with Crippen molar-refractivity contribution in [3.63, 3.8) is 0 Å². The van der Waals surface area contributed by atoms with Crippen molar-refractivity contribution in [2.45, 2.75) is 39.3 Å². The summed E-state index contributed by atoms with van der Waals surface area (Å²) < 4.78 is 19.2. The molecule has 1 aromatic carbocycles. The van der Waals surface area contributed by atoms with E-state index >= 15 is 0 Å². The quantitative estimate of drug-likeness (QED) is 0.867. The Bertz CT molecular complexity index is 423. The number of piperidine rings is 1. The molecule has 0 spiro atoms. The van der Waals surface area contributed by atoms with Crippen molar-refractivity contribution < 1.29 is 9.13 Å². The maximum Gasteiger partial charge on any atom is 0.123 e. The highest BCUT2D eigenvalue weighted by molar-refractivity contribution is 5.54. The van der Waals surface area contributed by atoms with Gasteiger partial charge in [-0.15, -0.1) is 0 Å². The molecule has 1 unspecified atom stereocenters. The van der Waals surface area contributed by atoms with Crippen LogP contribution in [0.5, 0.6) is 0 Å². The zero-order chi connectivity index (χ0) is 14.4. The smallest absolute Gasteiger partial charge is 0.123 e. The highest BCUT2D eigenvalue weighted by Crippen LogP contribution is 2.26. The van der Waals surface area contributed by atoms with E-state index < -0.39 is 0 Å². The van der Waals surface area contributed by atoms with Crippen LogP contribution in [0.3, 0.4) is 0 Å². The second kappa shape index (κ2) is 7.60. The number of benzene rings is 1. The monoisotopic (exact) mass is 280 g/mol. The normalized spacial score (nSPS) is 19.4. The molecule has 2 rings (SSSR count). The van der Waals surface area contributed by atoms with E-state index in [4.69, 9.17) is 4.74 Å². The zero-order valence-electron chi connectivity index (χ0n) is 12.5. The third kappa shape index (κ3) is 3.93. The lowest BCUT2D eigenvalue weighted by Crippen LogP contribution is -2.40. The second-order valence-corrected chi connectivity index (χ2v) is 5.22. The van der Waals surface area contributed by atoms with E-state index in [0.29, 0.717) is 12.6 Å². The van der Waals surface area contributed by atoms with Crippen LogP contribution in [0.2, 0.25) is 0 Å². The number of ether oxygens (including phenoxy) is 1. The van der Waals surface area contributed by atoms with Crippen molar-refractivity contribution in [1.82, 2.24) is 5.32 Å². The number of hydrogen-bond donors (Lipinski definition) is 1. The van der Waals surface area contributed by atoms with Gasteiger partial charge < -0.3 is 15.0 Å². The van der Waals surface area contributed by atoms with Gasteiger partial charge in [-0.3, -0.25) is 0 Å². The van der Waals surface area contributed by atoms with Crippen LogP contribution in [0.15, 0.2) is 18.2 Å². The lowest BCUT2D eigenvalue weighted by molar-refractivity contribution is 0.0526. The Labute approximate surface area is 121 Å². The summed E-state index contributed by atoms with van der Waals surface area (Å²) >= 11 is 0. The molecule has 1 atom stereocenters. The molecule has 112 valence electrons. The van der Waals surface area contributed by atoms with Gasteiger partial charge in [0.25, 0.3) is 0 Å². The van der Waals surface area contributed by atoms with Gasteiger partial charge in [0.15, 0.2) is 0 Å². The molecule has 1 fully saturated rings. The van der Waals surface area contributed by atoms with E-state index in [1.54, 1.807) is 12.1 Å². The fourth-order valence-electron chi connectivity index (χ4n) is 2.79. The van der Waals surface area contributed by atoms with Crippen LogP contribution >= 0.6 is 0 Å². The van der Waals surface area contributed by atoms with Crippen molar-refractivity contribution in [2.24, 2.45) is 0 Å². The molecule has 0 bridgehead atoms. The molecule has 0 aliphatic carbocycles. The number of anilines is 1. The number of nitrogens with zero attached hydrogens (tertiary/aromatic N) is 1. The molecule has 0 radical (unpaired) electrons. The molecular formula is C16H25FN2O. The highest BCUT2D eigenvalue weighted by Gasteiger charge is 2.22. The van der Waals surface area contributed by atoms with Crippen LogP contribution < -0.4 is 10.2 Å². The predicted molar refractivity (Wildman–Crippen MR) is 80.6 cm³/mol. The Morgan fingerprint density at radius 2 is 2.25 bits per heavy atom. The number of rotatable bonds is 6. The maximum absolute atomic E-state index is 13.5. The summed E-state index contributed by atoms with van der Waals surface area (Å²) in [6, 6.07) is 5.09. The fourth-order valence-corrected chi connectivity index (χ4v) is 2.79. The van der Waals surface area contributed by atoms with Crippen LogP contribution in [0.25, 0.3) is 0 Å². The molecule has 0 saturated carbocycles. The zero-order valence-corrected chi connectivity index (χ0v) is 12.5. The Morgan fingerprint density at radius 1 is 1.40 bits per heavy atom. The average Bonchev–Trinajstić information content (AvgIpc) is 2.46. The van der Waals surface area contributed by atoms with Crippen LogP contribution in [-0.2, 0) is 11.3 Å². The van der Waals surface area contributed by atoms with Crippen molar-refractivity contribution in [2.75, 3.05) is 31.1 Å². The summed E-state index contributed by atoms with van der Waals surface area (Å²) in [5, 5.41) is 3.28. The van der Waals surface area contributed by atoms with Gasteiger partial charge in [0.05, 0.1) is 6.10 Å². The first kappa shape index (κ1) is 15.3. The summed E-state index contributed by atoms with van der Waals surface area (Å²) in [5.41, 5.74) is 2.17. The van der Waals surface area contributed by atoms with E-state index in [0.717, 1.165) is 50.3 Å². The average molecular weight is 280 g/mol. The summed E-state index contributed by atoms with van der Waals surface area (Å²) in [4.78, 5) is 2.33. The van der Waals surface area contributed by atoms with Crippen LogP contribution in [0, 0.1) is 5.82 Å². The minimum absolute atomic E-state index is 0.167. The first-order valence-corrected chi connectivity index (χ1v) is 7.60. The number of hydrogen-bond acceptors (Lipinski definition) is 3. The molecule has 1 N–H and O–H groups in total. The van der Waals surface area contributed by atoms with Gasteiger partial charge in [0, 0.05) is 31.9 Å². The third-order valence-electron chi connectivity index (χ3n) is 3.73. The topological polar surface area (TPSA) is 24.5 Å². The minimum Gasteiger partial charge on any atom is -0.377 e. The summed E-state index contributed by atoms with van der Waals surface area (Å²) in [6.07, 6.45) is 2.54. The van der Waals surface area contributed by atoms with Crippen molar-refractivity contribution in [3.05, 3.63) is 29.6 Å². The fraction of sp³-hybridized carbons (Fsp3) is 0.625. The Kier molecular flexibility index (Phi) is 5.80. The van der Waals surface area contributed by atoms with Gasteiger partial charge in [-0.2, -0.15) is 0 Å². The molecule has 1 heterocycles. The SMILES string of the molecule is CCNCc1cc(F)ccc1N1CCCC(OCC)C1. The van der Waals surface area contributed by atoms with Crippen molar-refractivity contribution in [3.8, 4) is 0 Å². The van der Waals surface area contributed by atoms with E-state index in [1.165, 1.54) is 0 Å². The van der Waals surface area contributed by atoms with Gasteiger partial charge in [-0.25, -0.2) is 4.39 Å². The molecule has 1 aromatic rings. The Morgan fingerprint density at radius 3 is 3.00 bits per heavy atom. The molecule has 20 heavy (non-hydrogen) atoms. The predicted octanol–water partition coefficient (Wildman–Crippen LogP) is 2.94. The molecule has 1 saturated heterocycles. The Balaban J connectivity index is 2.13. The lowest BCUT2D eigenvalue weighted by atomic mass is 10.0. The third-order valence-corrected chi connectivity index (χ3v) is 3.73. The van der Waals surface area contributed by atoms with Gasteiger partial charge in [0.2, 0.25) is 0 Å². The molecule has 3 nitrogen and oxygen atoms in total. The summed E-state index contributed by atoms with van der Waals surface area (Å²) in [7, 11) is 0. The second-order valence-electron chi connectivity index (χ2n) is 5.22. The highest BCUT2D eigenvalue weighted by atomic mass is 19.1. The lowest BCUT2D eigenvalue weighted by Gasteiger charge is -2.35.